The molecule has 110 valence electrons. The minimum Gasteiger partial charge on any atom is -0.497 e. The fourth-order valence-corrected chi connectivity index (χ4v) is 2.72. The molecule has 1 N–H and O–H groups in total. The molecule has 0 aliphatic carbocycles. The number of carbonyl (C=O) groups excluding carboxylic acids is 1. The van der Waals surface area contributed by atoms with Crippen LogP contribution in [0.25, 0.3) is 0 Å². The van der Waals surface area contributed by atoms with E-state index in [-0.39, 0.29) is 5.91 Å². The predicted octanol–water partition coefficient (Wildman–Crippen LogP) is 1.70. The van der Waals surface area contributed by atoms with Crippen LogP contribution in [-0.2, 0) is 11.2 Å². The van der Waals surface area contributed by atoms with Crippen LogP contribution in [0.3, 0.4) is 0 Å². The maximum absolute atomic E-state index is 12.2. The second kappa shape index (κ2) is 7.29. The van der Waals surface area contributed by atoms with E-state index >= 15 is 0 Å². The largest absolute Gasteiger partial charge is 0.497 e. The third-order valence-corrected chi connectivity index (χ3v) is 3.92. The molecular formula is C16H24N2O2. The maximum atomic E-state index is 12.2. The molecule has 20 heavy (non-hydrogen) atoms. The van der Waals surface area contributed by atoms with Crippen LogP contribution in [0.4, 0.5) is 0 Å². The van der Waals surface area contributed by atoms with Crippen molar-refractivity contribution in [3.05, 3.63) is 29.8 Å². The molecule has 1 fully saturated rings. The Bertz CT molecular complexity index is 431. The highest BCUT2D eigenvalue weighted by Gasteiger charge is 2.25. The molecule has 1 unspecified atom stereocenters. The molecule has 1 aromatic carbocycles. The fraction of sp³-hybridized carbons (Fsp3) is 0.562. The van der Waals surface area contributed by atoms with E-state index in [9.17, 15) is 4.79 Å². The zero-order valence-electron chi connectivity index (χ0n) is 12.4. The molecule has 2 rings (SSSR count). The number of nitrogens with one attached hydrogen (secondary N) is 1. The van der Waals surface area contributed by atoms with E-state index in [0.717, 1.165) is 38.2 Å². The molecule has 1 aliphatic rings. The first-order valence-electron chi connectivity index (χ1n) is 7.28. The molecule has 0 spiro atoms. The number of hydrogen-bond donors (Lipinski definition) is 1. The zero-order chi connectivity index (χ0) is 14.4. The number of benzene rings is 1. The van der Waals surface area contributed by atoms with E-state index in [4.69, 9.17) is 4.74 Å². The van der Waals surface area contributed by atoms with E-state index in [1.54, 1.807) is 7.11 Å². The summed E-state index contributed by atoms with van der Waals surface area (Å²) < 4.78 is 5.13. The van der Waals surface area contributed by atoms with Gasteiger partial charge in [0.25, 0.3) is 0 Å². The van der Waals surface area contributed by atoms with Gasteiger partial charge < -0.3 is 15.0 Å². The van der Waals surface area contributed by atoms with E-state index in [2.05, 4.69) is 5.32 Å². The summed E-state index contributed by atoms with van der Waals surface area (Å²) in [4.78, 5) is 14.2. The van der Waals surface area contributed by atoms with Gasteiger partial charge in [0.1, 0.15) is 5.75 Å². The van der Waals surface area contributed by atoms with Crippen molar-refractivity contribution in [1.29, 1.82) is 0 Å². The Balaban J connectivity index is 1.77. The van der Waals surface area contributed by atoms with Crippen molar-refractivity contribution in [3.8, 4) is 5.75 Å². The Labute approximate surface area is 121 Å². The molecule has 4 heteroatoms. The molecule has 1 aromatic rings. The number of ether oxygens (including phenoxy) is 1. The second-order valence-electron chi connectivity index (χ2n) is 5.40. The van der Waals surface area contributed by atoms with Gasteiger partial charge in [0.15, 0.2) is 0 Å². The van der Waals surface area contributed by atoms with Crippen molar-refractivity contribution in [2.24, 2.45) is 5.92 Å². The number of rotatable bonds is 6. The van der Waals surface area contributed by atoms with Crippen LogP contribution < -0.4 is 10.1 Å². The molecular weight excluding hydrogens is 252 g/mol. The lowest BCUT2D eigenvalue weighted by Gasteiger charge is -2.16. The van der Waals surface area contributed by atoms with E-state index in [1.807, 2.05) is 36.2 Å². The van der Waals surface area contributed by atoms with Crippen molar-refractivity contribution in [3.63, 3.8) is 0 Å². The molecule has 1 atom stereocenters. The number of carbonyl (C=O) groups is 1. The van der Waals surface area contributed by atoms with Crippen LogP contribution >= 0.6 is 0 Å². The van der Waals surface area contributed by atoms with Gasteiger partial charge in [0.2, 0.25) is 5.91 Å². The Morgan fingerprint density at radius 1 is 1.40 bits per heavy atom. The Hall–Kier alpha value is -1.55. The number of methoxy groups -OCH3 is 1. The molecule has 1 saturated heterocycles. The van der Waals surface area contributed by atoms with Crippen LogP contribution in [0.5, 0.6) is 5.75 Å². The quantitative estimate of drug-likeness (QED) is 0.860. The minimum absolute atomic E-state index is 0.277. The summed E-state index contributed by atoms with van der Waals surface area (Å²) in [6, 6.07) is 7.94. The van der Waals surface area contributed by atoms with Gasteiger partial charge in [0, 0.05) is 19.5 Å². The lowest BCUT2D eigenvalue weighted by Crippen LogP contribution is -2.30. The summed E-state index contributed by atoms with van der Waals surface area (Å²) in [7, 11) is 3.63. The molecule has 0 aromatic heterocycles. The molecule has 4 nitrogen and oxygen atoms in total. The molecule has 0 radical (unpaired) electrons. The van der Waals surface area contributed by atoms with Crippen molar-refractivity contribution >= 4 is 5.91 Å². The van der Waals surface area contributed by atoms with Gasteiger partial charge in [0.05, 0.1) is 7.11 Å². The van der Waals surface area contributed by atoms with Crippen LogP contribution in [0.2, 0.25) is 0 Å². The summed E-state index contributed by atoms with van der Waals surface area (Å²) in [5.41, 5.74) is 1.19. The summed E-state index contributed by atoms with van der Waals surface area (Å²) in [5, 5.41) is 3.19. The molecule has 1 amide bonds. The molecule has 1 heterocycles. The van der Waals surface area contributed by atoms with Gasteiger partial charge in [-0.3, -0.25) is 4.79 Å². The number of amides is 1. The van der Waals surface area contributed by atoms with Gasteiger partial charge >= 0.3 is 0 Å². The monoisotopic (exact) mass is 276 g/mol. The van der Waals surface area contributed by atoms with E-state index in [1.165, 1.54) is 5.56 Å². The highest BCUT2D eigenvalue weighted by molar-refractivity contribution is 5.76. The van der Waals surface area contributed by atoms with Crippen LogP contribution in [0, 0.1) is 5.92 Å². The third kappa shape index (κ3) is 3.97. The average Bonchev–Trinajstić information content (AvgIpc) is 2.94. The topological polar surface area (TPSA) is 41.6 Å². The average molecular weight is 276 g/mol. The van der Waals surface area contributed by atoms with Gasteiger partial charge in [-0.2, -0.15) is 0 Å². The van der Waals surface area contributed by atoms with Crippen LogP contribution in [0.15, 0.2) is 24.3 Å². The number of aryl methyl sites for hydroxylation is 1. The molecule has 0 bridgehead atoms. The number of likely N-dealkylation sites (tertiary alicyclic amines) is 1. The maximum Gasteiger partial charge on any atom is 0.222 e. The van der Waals surface area contributed by atoms with Crippen molar-refractivity contribution in [2.45, 2.75) is 19.3 Å². The highest BCUT2D eigenvalue weighted by atomic mass is 16.5. The SMILES string of the molecule is CNCC1CCN(C(=O)CCc2ccc(OC)cc2)C1. The lowest BCUT2D eigenvalue weighted by molar-refractivity contribution is -0.130. The summed E-state index contributed by atoms with van der Waals surface area (Å²) in [6.45, 7) is 2.82. The van der Waals surface area contributed by atoms with E-state index in [0.29, 0.717) is 12.3 Å². The first-order valence-corrected chi connectivity index (χ1v) is 7.28. The molecule has 1 aliphatic heterocycles. The predicted molar refractivity (Wildman–Crippen MR) is 79.9 cm³/mol. The van der Waals surface area contributed by atoms with Crippen LogP contribution in [0.1, 0.15) is 18.4 Å². The standard InChI is InChI=1S/C16H24N2O2/c1-17-11-14-9-10-18(12-14)16(19)8-5-13-3-6-15(20-2)7-4-13/h3-4,6-7,14,17H,5,8-12H2,1-2H3. The van der Waals surface area contributed by atoms with E-state index < -0.39 is 0 Å². The van der Waals surface area contributed by atoms with Gasteiger partial charge in [-0.25, -0.2) is 0 Å². The van der Waals surface area contributed by atoms with Crippen LogP contribution in [-0.4, -0.2) is 44.6 Å². The lowest BCUT2D eigenvalue weighted by atomic mass is 10.1. The summed E-state index contributed by atoms with van der Waals surface area (Å²) >= 11 is 0. The first kappa shape index (κ1) is 14.9. The minimum atomic E-state index is 0.277. The Morgan fingerprint density at radius 3 is 2.80 bits per heavy atom. The Kier molecular flexibility index (Phi) is 5.41. The fourth-order valence-electron chi connectivity index (χ4n) is 2.72. The normalized spacial score (nSPS) is 18.3. The first-order chi connectivity index (χ1) is 9.72. The number of hydrogen-bond acceptors (Lipinski definition) is 3. The number of nitrogens with zero attached hydrogens (tertiary/aromatic N) is 1. The third-order valence-electron chi connectivity index (χ3n) is 3.92. The van der Waals surface area contributed by atoms with Gasteiger partial charge in [-0.05, 0) is 50.0 Å². The van der Waals surface area contributed by atoms with Crippen molar-refractivity contribution in [1.82, 2.24) is 10.2 Å². The van der Waals surface area contributed by atoms with Crippen molar-refractivity contribution in [2.75, 3.05) is 33.8 Å². The summed E-state index contributed by atoms with van der Waals surface area (Å²) in [5.74, 6) is 1.75. The zero-order valence-corrected chi connectivity index (χ0v) is 12.4. The highest BCUT2D eigenvalue weighted by Crippen LogP contribution is 2.18. The molecule has 0 saturated carbocycles. The van der Waals surface area contributed by atoms with Crippen molar-refractivity contribution < 1.29 is 9.53 Å². The second-order valence-corrected chi connectivity index (χ2v) is 5.40. The Morgan fingerprint density at radius 2 is 2.15 bits per heavy atom. The van der Waals surface area contributed by atoms with Gasteiger partial charge in [-0.15, -0.1) is 0 Å². The summed E-state index contributed by atoms with van der Waals surface area (Å²) in [6.07, 6.45) is 2.52. The smallest absolute Gasteiger partial charge is 0.222 e. The van der Waals surface area contributed by atoms with Gasteiger partial charge in [-0.1, -0.05) is 12.1 Å².